The molecule has 4 nitrogen and oxygen atoms in total. The summed E-state index contributed by atoms with van der Waals surface area (Å²) < 4.78 is 18.5. The molecule has 5 heteroatoms. The highest BCUT2D eigenvalue weighted by Gasteiger charge is 2.12. The zero-order valence-corrected chi connectivity index (χ0v) is 10.3. The highest BCUT2D eigenvalue weighted by molar-refractivity contribution is 5.89. The lowest BCUT2D eigenvalue weighted by Crippen LogP contribution is -2.07. The van der Waals surface area contributed by atoms with Crippen molar-refractivity contribution in [3.05, 3.63) is 59.2 Å². The first-order valence-electron chi connectivity index (χ1n) is 5.64. The summed E-state index contributed by atoms with van der Waals surface area (Å²) in [7, 11) is 0. The van der Waals surface area contributed by atoms with E-state index in [1.807, 2.05) is 0 Å². The van der Waals surface area contributed by atoms with Crippen molar-refractivity contribution in [2.24, 2.45) is 0 Å². The molecule has 0 aliphatic rings. The van der Waals surface area contributed by atoms with Gasteiger partial charge in [-0.3, -0.25) is 4.98 Å². The van der Waals surface area contributed by atoms with Gasteiger partial charge in [0, 0.05) is 11.8 Å². The van der Waals surface area contributed by atoms with Crippen molar-refractivity contribution in [2.45, 2.75) is 13.5 Å². The zero-order valence-electron chi connectivity index (χ0n) is 10.3. The molecule has 98 valence electrons. The lowest BCUT2D eigenvalue weighted by atomic mass is 10.1. The Labute approximate surface area is 109 Å². The molecular formula is C14H12FNO3. The number of hydrogen-bond acceptors (Lipinski definition) is 3. The molecule has 1 N–H and O–H groups in total. The van der Waals surface area contributed by atoms with Crippen molar-refractivity contribution in [1.82, 2.24) is 4.98 Å². The largest absolute Gasteiger partial charge is 0.487 e. The number of aryl methyl sites for hydroxylation is 1. The van der Waals surface area contributed by atoms with Gasteiger partial charge in [-0.05, 0) is 31.2 Å². The Bertz CT molecular complexity index is 613. The summed E-state index contributed by atoms with van der Waals surface area (Å²) in [4.78, 5) is 15.1. The molecule has 0 fully saturated rings. The Morgan fingerprint density at radius 1 is 1.42 bits per heavy atom. The number of carbonyl (C=O) groups is 1. The number of aromatic nitrogens is 1. The molecule has 0 atom stereocenters. The fraction of sp³-hybridized carbons (Fsp3) is 0.143. The van der Waals surface area contributed by atoms with E-state index in [0.29, 0.717) is 17.0 Å². The van der Waals surface area contributed by atoms with Gasteiger partial charge in [-0.2, -0.15) is 0 Å². The predicted molar refractivity (Wildman–Crippen MR) is 66.7 cm³/mol. The molecule has 0 bridgehead atoms. The number of nitrogens with zero attached hydrogens (tertiary/aromatic N) is 1. The Morgan fingerprint density at radius 3 is 2.89 bits per heavy atom. The van der Waals surface area contributed by atoms with Crippen LogP contribution < -0.4 is 4.74 Å². The fourth-order valence-corrected chi connectivity index (χ4v) is 1.65. The second kappa shape index (κ2) is 5.48. The third-order valence-electron chi connectivity index (χ3n) is 2.64. The lowest BCUT2D eigenvalue weighted by Gasteiger charge is -2.10. The van der Waals surface area contributed by atoms with Gasteiger partial charge in [-0.25, -0.2) is 9.18 Å². The first-order valence-corrected chi connectivity index (χ1v) is 5.64. The van der Waals surface area contributed by atoms with Gasteiger partial charge in [0.1, 0.15) is 18.2 Å². The van der Waals surface area contributed by atoms with Gasteiger partial charge in [0.2, 0.25) is 0 Å². The molecule has 0 saturated carbocycles. The first kappa shape index (κ1) is 13.0. The van der Waals surface area contributed by atoms with Crippen LogP contribution in [0.1, 0.15) is 21.6 Å². The highest BCUT2D eigenvalue weighted by atomic mass is 19.1. The number of rotatable bonds is 4. The van der Waals surface area contributed by atoms with Crippen LogP contribution in [0, 0.1) is 12.7 Å². The van der Waals surface area contributed by atoms with E-state index in [0.717, 1.165) is 6.07 Å². The molecule has 1 aromatic heterocycles. The van der Waals surface area contributed by atoms with Crippen molar-refractivity contribution in [1.29, 1.82) is 0 Å². The second-order valence-electron chi connectivity index (χ2n) is 3.98. The number of aromatic carboxylic acids is 1. The van der Waals surface area contributed by atoms with E-state index >= 15 is 0 Å². The van der Waals surface area contributed by atoms with Crippen LogP contribution in [0.3, 0.4) is 0 Å². The number of carboxylic acids is 1. The minimum absolute atomic E-state index is 0.0500. The van der Waals surface area contributed by atoms with Crippen LogP contribution in [0.5, 0.6) is 5.75 Å². The summed E-state index contributed by atoms with van der Waals surface area (Å²) in [5.41, 5.74) is 1.03. The highest BCUT2D eigenvalue weighted by Crippen LogP contribution is 2.18. The SMILES string of the molecule is Cc1ncccc1OCc1ccc(F)cc1C(=O)O. The van der Waals surface area contributed by atoms with Gasteiger partial charge in [0.25, 0.3) is 0 Å². The molecule has 2 aromatic rings. The smallest absolute Gasteiger partial charge is 0.336 e. The summed E-state index contributed by atoms with van der Waals surface area (Å²) in [5, 5.41) is 9.01. The van der Waals surface area contributed by atoms with E-state index < -0.39 is 11.8 Å². The van der Waals surface area contributed by atoms with Gasteiger partial charge in [0.05, 0.1) is 11.3 Å². The molecule has 1 aromatic carbocycles. The Balaban J connectivity index is 2.20. The van der Waals surface area contributed by atoms with Gasteiger partial charge >= 0.3 is 5.97 Å². The van der Waals surface area contributed by atoms with E-state index in [4.69, 9.17) is 9.84 Å². The van der Waals surface area contributed by atoms with Crippen LogP contribution in [0.2, 0.25) is 0 Å². The van der Waals surface area contributed by atoms with Crippen LogP contribution >= 0.6 is 0 Å². The van der Waals surface area contributed by atoms with Gasteiger partial charge < -0.3 is 9.84 Å². The summed E-state index contributed by atoms with van der Waals surface area (Å²) in [6, 6.07) is 7.07. The maximum Gasteiger partial charge on any atom is 0.336 e. The van der Waals surface area contributed by atoms with Crippen molar-refractivity contribution in [3.63, 3.8) is 0 Å². The number of halogens is 1. The van der Waals surface area contributed by atoms with E-state index in [1.54, 1.807) is 25.3 Å². The average molecular weight is 261 g/mol. The Morgan fingerprint density at radius 2 is 2.21 bits per heavy atom. The van der Waals surface area contributed by atoms with Gasteiger partial charge in [-0.1, -0.05) is 6.07 Å². The standard InChI is InChI=1S/C14H12FNO3/c1-9-13(3-2-6-16-9)19-8-10-4-5-11(15)7-12(10)14(17)18/h2-7H,8H2,1H3,(H,17,18). The van der Waals surface area contributed by atoms with Gasteiger partial charge in [0.15, 0.2) is 0 Å². The van der Waals surface area contributed by atoms with Crippen molar-refractivity contribution < 1.29 is 19.0 Å². The molecule has 0 unspecified atom stereocenters. The maximum atomic E-state index is 13.0. The molecule has 2 rings (SSSR count). The van der Waals surface area contributed by atoms with Crippen LogP contribution in [-0.2, 0) is 6.61 Å². The normalized spacial score (nSPS) is 10.2. The summed E-state index contributed by atoms with van der Waals surface area (Å²) >= 11 is 0. The molecule has 0 saturated heterocycles. The topological polar surface area (TPSA) is 59.4 Å². The molecule has 1 heterocycles. The molecule has 0 aliphatic heterocycles. The second-order valence-corrected chi connectivity index (χ2v) is 3.98. The molecular weight excluding hydrogens is 249 g/mol. The number of pyridine rings is 1. The Hall–Kier alpha value is -2.43. The maximum absolute atomic E-state index is 13.0. The summed E-state index contributed by atoms with van der Waals surface area (Å²) in [6.07, 6.45) is 1.64. The third-order valence-corrected chi connectivity index (χ3v) is 2.64. The molecule has 0 radical (unpaired) electrons. The molecule has 0 aliphatic carbocycles. The van der Waals surface area contributed by atoms with Gasteiger partial charge in [-0.15, -0.1) is 0 Å². The summed E-state index contributed by atoms with van der Waals surface area (Å²) in [6.45, 7) is 1.84. The van der Waals surface area contributed by atoms with E-state index in [-0.39, 0.29) is 12.2 Å². The van der Waals surface area contributed by atoms with Crippen LogP contribution in [-0.4, -0.2) is 16.1 Å². The molecule has 0 amide bonds. The van der Waals surface area contributed by atoms with Crippen LogP contribution in [0.25, 0.3) is 0 Å². The van der Waals surface area contributed by atoms with Crippen molar-refractivity contribution in [3.8, 4) is 5.75 Å². The van der Waals surface area contributed by atoms with Crippen molar-refractivity contribution in [2.75, 3.05) is 0 Å². The molecule has 19 heavy (non-hydrogen) atoms. The third kappa shape index (κ3) is 3.07. The molecule has 0 spiro atoms. The Kier molecular flexibility index (Phi) is 3.75. The predicted octanol–water partition coefficient (Wildman–Crippen LogP) is 2.81. The minimum Gasteiger partial charge on any atom is -0.487 e. The van der Waals surface area contributed by atoms with E-state index in [9.17, 15) is 9.18 Å². The number of benzene rings is 1. The van der Waals surface area contributed by atoms with E-state index in [2.05, 4.69) is 4.98 Å². The monoisotopic (exact) mass is 261 g/mol. The lowest BCUT2D eigenvalue weighted by molar-refractivity contribution is 0.0693. The van der Waals surface area contributed by atoms with Crippen molar-refractivity contribution >= 4 is 5.97 Å². The quantitative estimate of drug-likeness (QED) is 0.919. The summed E-state index contributed by atoms with van der Waals surface area (Å²) in [5.74, 6) is -1.19. The average Bonchev–Trinajstić information content (AvgIpc) is 2.38. The number of ether oxygens (including phenoxy) is 1. The first-order chi connectivity index (χ1) is 9.08. The van der Waals surface area contributed by atoms with E-state index in [1.165, 1.54) is 12.1 Å². The van der Waals surface area contributed by atoms with Crippen LogP contribution in [0.4, 0.5) is 4.39 Å². The minimum atomic E-state index is -1.18. The number of carboxylic acid groups (broad SMARTS) is 1. The number of hydrogen-bond donors (Lipinski definition) is 1. The fourth-order valence-electron chi connectivity index (χ4n) is 1.65. The van der Waals surface area contributed by atoms with Crippen LogP contribution in [0.15, 0.2) is 36.5 Å². The zero-order chi connectivity index (χ0) is 13.8.